The summed E-state index contributed by atoms with van der Waals surface area (Å²) in [6.45, 7) is 2.03. The monoisotopic (exact) mass is 318 g/mol. The van der Waals surface area contributed by atoms with Gasteiger partial charge in [0.25, 0.3) is 0 Å². The Kier molecular flexibility index (Phi) is 4.15. The van der Waals surface area contributed by atoms with E-state index in [4.69, 9.17) is 0 Å². The van der Waals surface area contributed by atoms with Gasteiger partial charge in [-0.3, -0.25) is 10.1 Å². The molecule has 0 aliphatic heterocycles. The van der Waals surface area contributed by atoms with Gasteiger partial charge in [0.15, 0.2) is 0 Å². The van der Waals surface area contributed by atoms with E-state index in [0.29, 0.717) is 17.3 Å². The summed E-state index contributed by atoms with van der Waals surface area (Å²) in [6, 6.07) is 6.20. The van der Waals surface area contributed by atoms with Crippen molar-refractivity contribution < 1.29 is 9.18 Å². The lowest BCUT2D eigenvalue weighted by molar-refractivity contribution is -0.116. The zero-order valence-corrected chi connectivity index (χ0v) is 12.9. The highest BCUT2D eigenvalue weighted by atomic mass is 32.1. The summed E-state index contributed by atoms with van der Waals surface area (Å²) >= 11 is 1.42. The second-order valence-electron chi connectivity index (χ2n) is 4.91. The number of halogens is 1. The molecule has 0 radical (unpaired) electrons. The highest BCUT2D eigenvalue weighted by molar-refractivity contribution is 7.15. The molecule has 1 amide bonds. The maximum atomic E-state index is 13.0. The fourth-order valence-corrected chi connectivity index (χ4v) is 2.91. The second kappa shape index (κ2) is 6.23. The zero-order valence-electron chi connectivity index (χ0n) is 12.0. The number of carbonyl (C=O) groups is 1. The van der Waals surface area contributed by atoms with Crippen LogP contribution in [0.4, 0.5) is 10.3 Å². The van der Waals surface area contributed by atoms with E-state index in [9.17, 15) is 9.18 Å². The maximum absolute atomic E-state index is 13.0. The second-order valence-corrected chi connectivity index (χ2v) is 5.75. The van der Waals surface area contributed by atoms with Gasteiger partial charge in [0, 0.05) is 17.4 Å². The molecule has 1 N–H and O–H groups in total. The summed E-state index contributed by atoms with van der Waals surface area (Å²) in [5.74, 6) is -0.0579. The number of benzene rings is 1. The third-order valence-electron chi connectivity index (χ3n) is 3.23. The first kappa shape index (κ1) is 14.6. The average molecular weight is 318 g/mol. The van der Waals surface area contributed by atoms with E-state index in [0.717, 1.165) is 24.1 Å². The highest BCUT2D eigenvalue weighted by Gasteiger charge is 2.13. The van der Waals surface area contributed by atoms with Crippen LogP contribution in [0.1, 0.15) is 26.2 Å². The molecule has 0 fully saturated rings. The number of hydrogen-bond donors (Lipinski definition) is 1. The number of thiazole rings is 1. The lowest BCUT2D eigenvalue weighted by Gasteiger charge is -2.00. The normalized spacial score (nSPS) is 11.0. The molecule has 22 heavy (non-hydrogen) atoms. The van der Waals surface area contributed by atoms with Crippen molar-refractivity contribution in [2.75, 3.05) is 5.32 Å². The number of amides is 1. The summed E-state index contributed by atoms with van der Waals surface area (Å²) in [4.78, 5) is 16.7. The predicted octanol–water partition coefficient (Wildman–Crippen LogP) is 3.73. The van der Waals surface area contributed by atoms with Crippen LogP contribution < -0.4 is 5.32 Å². The van der Waals surface area contributed by atoms with Crippen molar-refractivity contribution in [2.45, 2.75) is 26.2 Å². The van der Waals surface area contributed by atoms with Crippen LogP contribution in [-0.2, 0) is 4.79 Å². The van der Waals surface area contributed by atoms with Crippen LogP contribution in [0, 0.1) is 5.82 Å². The minimum atomic E-state index is -0.280. The summed E-state index contributed by atoms with van der Waals surface area (Å²) in [5.41, 5.74) is 1.67. The van der Waals surface area contributed by atoms with Gasteiger partial charge in [-0.05, 0) is 30.7 Å². The molecule has 2 aromatic heterocycles. The molecule has 2 heterocycles. The standard InChI is InChI=1S/C15H15FN4OS/c1-2-3-4-13(21)17-14-18-15-20(19-14)12(9-22-15)10-5-7-11(16)8-6-10/h5-9H,2-4H2,1H3,(H,17,19,21). The Balaban J connectivity index is 1.85. The fraction of sp³-hybridized carbons (Fsp3) is 0.267. The Bertz CT molecular complexity index is 794. The molecule has 7 heteroatoms. The number of rotatable bonds is 5. The van der Waals surface area contributed by atoms with E-state index in [1.54, 1.807) is 16.6 Å². The Morgan fingerprint density at radius 2 is 2.14 bits per heavy atom. The lowest BCUT2D eigenvalue weighted by Crippen LogP contribution is -2.12. The van der Waals surface area contributed by atoms with Gasteiger partial charge >= 0.3 is 0 Å². The van der Waals surface area contributed by atoms with Crippen LogP contribution in [0.5, 0.6) is 0 Å². The van der Waals surface area contributed by atoms with E-state index in [2.05, 4.69) is 15.4 Å². The average Bonchev–Trinajstić information content (AvgIpc) is 3.06. The van der Waals surface area contributed by atoms with Crippen molar-refractivity contribution in [3.8, 4) is 11.3 Å². The Morgan fingerprint density at radius 1 is 1.36 bits per heavy atom. The number of fused-ring (bicyclic) bond motifs is 1. The minimum Gasteiger partial charge on any atom is -0.293 e. The molecule has 0 unspecified atom stereocenters. The van der Waals surface area contributed by atoms with Crippen molar-refractivity contribution in [3.05, 3.63) is 35.5 Å². The molecule has 0 bridgehead atoms. The number of aromatic nitrogens is 3. The molecule has 3 aromatic rings. The molecular weight excluding hydrogens is 303 g/mol. The topological polar surface area (TPSA) is 59.3 Å². The number of unbranched alkanes of at least 4 members (excludes halogenated alkanes) is 1. The van der Waals surface area contributed by atoms with Gasteiger partial charge < -0.3 is 0 Å². The largest absolute Gasteiger partial charge is 0.293 e. The van der Waals surface area contributed by atoms with Gasteiger partial charge in [-0.25, -0.2) is 8.91 Å². The molecule has 5 nitrogen and oxygen atoms in total. The van der Waals surface area contributed by atoms with Gasteiger partial charge in [0.1, 0.15) is 5.82 Å². The number of carbonyl (C=O) groups excluding carboxylic acids is 1. The fourth-order valence-electron chi connectivity index (χ4n) is 2.08. The molecule has 114 valence electrons. The number of anilines is 1. The molecule has 1 aromatic carbocycles. The first-order valence-corrected chi connectivity index (χ1v) is 7.95. The van der Waals surface area contributed by atoms with E-state index in [-0.39, 0.29) is 11.7 Å². The van der Waals surface area contributed by atoms with E-state index >= 15 is 0 Å². The Labute approximate surface area is 130 Å². The van der Waals surface area contributed by atoms with Crippen LogP contribution >= 0.6 is 11.3 Å². The van der Waals surface area contributed by atoms with Crippen molar-refractivity contribution in [2.24, 2.45) is 0 Å². The Morgan fingerprint density at radius 3 is 2.86 bits per heavy atom. The molecule has 0 saturated heterocycles. The van der Waals surface area contributed by atoms with Gasteiger partial charge in [0.2, 0.25) is 16.8 Å². The SMILES string of the molecule is CCCCC(=O)Nc1nc2scc(-c3ccc(F)cc3)n2n1. The number of nitrogens with one attached hydrogen (secondary N) is 1. The van der Waals surface area contributed by atoms with E-state index in [1.165, 1.54) is 23.5 Å². The van der Waals surface area contributed by atoms with Crippen LogP contribution in [0.15, 0.2) is 29.6 Å². The van der Waals surface area contributed by atoms with Crippen molar-refractivity contribution in [1.29, 1.82) is 0 Å². The summed E-state index contributed by atoms with van der Waals surface area (Å²) in [5, 5.41) is 8.92. The molecule has 0 atom stereocenters. The molecule has 0 saturated carbocycles. The smallest absolute Gasteiger partial charge is 0.250 e. The zero-order chi connectivity index (χ0) is 15.5. The van der Waals surface area contributed by atoms with E-state index < -0.39 is 0 Å². The van der Waals surface area contributed by atoms with Crippen molar-refractivity contribution in [3.63, 3.8) is 0 Å². The van der Waals surface area contributed by atoms with Crippen LogP contribution in [0.2, 0.25) is 0 Å². The molecule has 0 aliphatic rings. The third kappa shape index (κ3) is 2.99. The van der Waals surface area contributed by atoms with Gasteiger partial charge in [-0.1, -0.05) is 13.3 Å². The van der Waals surface area contributed by atoms with Crippen molar-refractivity contribution in [1.82, 2.24) is 14.6 Å². The highest BCUT2D eigenvalue weighted by Crippen LogP contribution is 2.26. The molecular formula is C15H15FN4OS. The maximum Gasteiger partial charge on any atom is 0.250 e. The number of nitrogens with zero attached hydrogens (tertiary/aromatic N) is 3. The minimum absolute atomic E-state index is 0.0802. The summed E-state index contributed by atoms with van der Waals surface area (Å²) in [6.07, 6.45) is 2.27. The van der Waals surface area contributed by atoms with Gasteiger partial charge in [-0.15, -0.1) is 16.4 Å². The van der Waals surface area contributed by atoms with E-state index in [1.807, 2.05) is 12.3 Å². The quantitative estimate of drug-likeness (QED) is 0.780. The Hall–Kier alpha value is -2.28. The lowest BCUT2D eigenvalue weighted by atomic mass is 10.2. The summed E-state index contributed by atoms with van der Waals surface area (Å²) in [7, 11) is 0. The van der Waals surface area contributed by atoms with Crippen LogP contribution in [0.25, 0.3) is 16.2 Å². The van der Waals surface area contributed by atoms with Crippen LogP contribution in [-0.4, -0.2) is 20.5 Å². The van der Waals surface area contributed by atoms with Crippen molar-refractivity contribution >= 4 is 28.2 Å². The third-order valence-corrected chi connectivity index (χ3v) is 4.05. The molecule has 3 rings (SSSR count). The van der Waals surface area contributed by atoms with Gasteiger partial charge in [0.05, 0.1) is 5.69 Å². The molecule has 0 aliphatic carbocycles. The number of hydrogen-bond acceptors (Lipinski definition) is 4. The molecule has 0 spiro atoms. The first-order valence-electron chi connectivity index (χ1n) is 7.07. The first-order chi connectivity index (χ1) is 10.7. The van der Waals surface area contributed by atoms with Gasteiger partial charge in [-0.2, -0.15) is 4.98 Å². The summed E-state index contributed by atoms with van der Waals surface area (Å²) < 4.78 is 14.7. The van der Waals surface area contributed by atoms with Crippen LogP contribution in [0.3, 0.4) is 0 Å². The predicted molar refractivity (Wildman–Crippen MR) is 84.4 cm³/mol.